The fourth-order valence-electron chi connectivity index (χ4n) is 4.25. The van der Waals surface area contributed by atoms with E-state index in [1.807, 2.05) is 18.5 Å². The summed E-state index contributed by atoms with van der Waals surface area (Å²) in [7, 11) is 0. The lowest BCUT2D eigenvalue weighted by Gasteiger charge is -2.40. The number of pyridine rings is 1. The lowest BCUT2D eigenvalue weighted by Crippen LogP contribution is -2.45. The van der Waals surface area contributed by atoms with Crippen molar-refractivity contribution in [3.8, 4) is 0 Å². The molecular weight excluding hydrogens is 298 g/mol. The Morgan fingerprint density at radius 2 is 1.92 bits per heavy atom. The SMILES string of the molecule is Cc1cccc(CN2CC[C@]3(CCCN(c4ncccn4)C3)C2)n1. The first kappa shape index (κ1) is 15.5. The van der Waals surface area contributed by atoms with E-state index in [2.05, 4.69) is 49.9 Å². The fourth-order valence-corrected chi connectivity index (χ4v) is 4.25. The zero-order valence-electron chi connectivity index (χ0n) is 14.4. The van der Waals surface area contributed by atoms with E-state index in [1.165, 1.54) is 31.5 Å². The Hall–Kier alpha value is -2.01. The molecule has 0 radical (unpaired) electrons. The van der Waals surface area contributed by atoms with Crippen molar-refractivity contribution in [1.82, 2.24) is 19.9 Å². The quantitative estimate of drug-likeness (QED) is 0.869. The van der Waals surface area contributed by atoms with Gasteiger partial charge in [-0.1, -0.05) is 6.07 Å². The van der Waals surface area contributed by atoms with Crippen molar-refractivity contribution >= 4 is 5.95 Å². The zero-order valence-corrected chi connectivity index (χ0v) is 14.4. The summed E-state index contributed by atoms with van der Waals surface area (Å²) in [5.74, 6) is 0.885. The summed E-state index contributed by atoms with van der Waals surface area (Å²) in [5.41, 5.74) is 2.68. The van der Waals surface area contributed by atoms with Gasteiger partial charge in [-0.2, -0.15) is 0 Å². The number of likely N-dealkylation sites (tertiary alicyclic amines) is 1. The summed E-state index contributed by atoms with van der Waals surface area (Å²) in [4.78, 5) is 18.5. The van der Waals surface area contributed by atoms with Crippen LogP contribution in [0, 0.1) is 12.3 Å². The van der Waals surface area contributed by atoms with Crippen LogP contribution in [0.2, 0.25) is 0 Å². The fraction of sp³-hybridized carbons (Fsp3) is 0.526. The largest absolute Gasteiger partial charge is 0.340 e. The molecule has 1 spiro atoms. The summed E-state index contributed by atoms with van der Waals surface area (Å²) in [6, 6.07) is 8.20. The van der Waals surface area contributed by atoms with Gasteiger partial charge in [-0.3, -0.25) is 9.88 Å². The van der Waals surface area contributed by atoms with Crippen LogP contribution in [0.1, 0.15) is 30.7 Å². The van der Waals surface area contributed by atoms with Crippen molar-refractivity contribution in [2.45, 2.75) is 32.7 Å². The van der Waals surface area contributed by atoms with Gasteiger partial charge in [-0.15, -0.1) is 0 Å². The molecule has 126 valence electrons. The zero-order chi connectivity index (χ0) is 16.4. The second-order valence-corrected chi connectivity index (χ2v) is 7.30. The molecule has 0 bridgehead atoms. The highest BCUT2D eigenvalue weighted by molar-refractivity contribution is 5.30. The molecule has 1 atom stereocenters. The van der Waals surface area contributed by atoms with E-state index in [1.54, 1.807) is 0 Å². The van der Waals surface area contributed by atoms with Crippen molar-refractivity contribution in [2.24, 2.45) is 5.41 Å². The monoisotopic (exact) mass is 323 g/mol. The van der Waals surface area contributed by atoms with E-state index in [-0.39, 0.29) is 0 Å². The molecule has 0 N–H and O–H groups in total. The third kappa shape index (κ3) is 3.26. The molecule has 2 aliphatic rings. The van der Waals surface area contributed by atoms with Crippen LogP contribution >= 0.6 is 0 Å². The number of hydrogen-bond donors (Lipinski definition) is 0. The van der Waals surface area contributed by atoms with Gasteiger partial charge in [0.15, 0.2) is 0 Å². The Labute approximate surface area is 143 Å². The van der Waals surface area contributed by atoms with Crippen LogP contribution in [0.3, 0.4) is 0 Å². The average molecular weight is 323 g/mol. The van der Waals surface area contributed by atoms with Crippen LogP contribution in [0.4, 0.5) is 5.95 Å². The van der Waals surface area contributed by atoms with E-state index in [0.29, 0.717) is 5.41 Å². The minimum absolute atomic E-state index is 0.390. The van der Waals surface area contributed by atoms with Gasteiger partial charge in [0.1, 0.15) is 0 Å². The molecule has 5 nitrogen and oxygen atoms in total. The maximum Gasteiger partial charge on any atom is 0.225 e. The van der Waals surface area contributed by atoms with E-state index < -0.39 is 0 Å². The van der Waals surface area contributed by atoms with Crippen LogP contribution in [-0.2, 0) is 6.54 Å². The van der Waals surface area contributed by atoms with Crippen molar-refractivity contribution in [3.63, 3.8) is 0 Å². The first-order chi connectivity index (χ1) is 11.7. The van der Waals surface area contributed by atoms with Crippen LogP contribution in [0.25, 0.3) is 0 Å². The Bertz CT molecular complexity index is 689. The normalized spacial score (nSPS) is 24.6. The lowest BCUT2D eigenvalue weighted by molar-refractivity contribution is 0.214. The molecule has 4 rings (SSSR count). The molecule has 0 saturated carbocycles. The lowest BCUT2D eigenvalue weighted by atomic mass is 9.79. The Morgan fingerprint density at radius 3 is 2.75 bits per heavy atom. The number of rotatable bonds is 3. The van der Waals surface area contributed by atoms with E-state index in [0.717, 1.165) is 37.8 Å². The molecule has 24 heavy (non-hydrogen) atoms. The number of aryl methyl sites for hydroxylation is 1. The van der Waals surface area contributed by atoms with Crippen molar-refractivity contribution in [3.05, 3.63) is 48.0 Å². The Kier molecular flexibility index (Phi) is 4.19. The number of anilines is 1. The molecule has 2 fully saturated rings. The second-order valence-electron chi connectivity index (χ2n) is 7.30. The molecule has 5 heteroatoms. The highest BCUT2D eigenvalue weighted by Crippen LogP contribution is 2.40. The van der Waals surface area contributed by atoms with E-state index >= 15 is 0 Å². The Morgan fingerprint density at radius 1 is 1.04 bits per heavy atom. The molecule has 2 aromatic heterocycles. The first-order valence-corrected chi connectivity index (χ1v) is 8.89. The van der Waals surface area contributed by atoms with Crippen LogP contribution in [0.5, 0.6) is 0 Å². The van der Waals surface area contributed by atoms with Gasteiger partial charge in [-0.05, 0) is 50.9 Å². The van der Waals surface area contributed by atoms with E-state index in [4.69, 9.17) is 0 Å². The van der Waals surface area contributed by atoms with Gasteiger partial charge < -0.3 is 4.90 Å². The van der Waals surface area contributed by atoms with Crippen LogP contribution in [-0.4, -0.2) is 46.0 Å². The molecule has 2 saturated heterocycles. The smallest absolute Gasteiger partial charge is 0.225 e. The summed E-state index contributed by atoms with van der Waals surface area (Å²) in [5, 5.41) is 0. The molecule has 2 aliphatic heterocycles. The summed E-state index contributed by atoms with van der Waals surface area (Å²) in [6.07, 6.45) is 7.49. The highest BCUT2D eigenvalue weighted by Gasteiger charge is 2.41. The molecular formula is C19H25N5. The topological polar surface area (TPSA) is 45.2 Å². The van der Waals surface area contributed by atoms with Gasteiger partial charge in [0, 0.05) is 49.7 Å². The predicted octanol–water partition coefficient (Wildman–Crippen LogP) is 2.67. The van der Waals surface area contributed by atoms with Crippen molar-refractivity contribution in [2.75, 3.05) is 31.1 Å². The number of piperidine rings is 1. The van der Waals surface area contributed by atoms with Crippen LogP contribution < -0.4 is 4.90 Å². The van der Waals surface area contributed by atoms with Crippen molar-refractivity contribution in [1.29, 1.82) is 0 Å². The maximum atomic E-state index is 4.66. The van der Waals surface area contributed by atoms with E-state index in [9.17, 15) is 0 Å². The second kappa shape index (κ2) is 6.48. The Balaban J connectivity index is 1.43. The van der Waals surface area contributed by atoms with Gasteiger partial charge in [0.25, 0.3) is 0 Å². The minimum Gasteiger partial charge on any atom is -0.340 e. The van der Waals surface area contributed by atoms with Crippen molar-refractivity contribution < 1.29 is 0 Å². The average Bonchev–Trinajstić information content (AvgIpc) is 2.97. The molecule has 0 aromatic carbocycles. The van der Waals surface area contributed by atoms with Gasteiger partial charge in [0.2, 0.25) is 5.95 Å². The summed E-state index contributed by atoms with van der Waals surface area (Å²) >= 11 is 0. The van der Waals surface area contributed by atoms with Crippen LogP contribution in [0.15, 0.2) is 36.7 Å². The summed E-state index contributed by atoms with van der Waals surface area (Å²) in [6.45, 7) is 7.50. The molecule has 0 amide bonds. The number of aromatic nitrogens is 3. The predicted molar refractivity (Wildman–Crippen MR) is 94.8 cm³/mol. The number of nitrogens with zero attached hydrogens (tertiary/aromatic N) is 5. The van der Waals surface area contributed by atoms with Gasteiger partial charge in [-0.25, -0.2) is 9.97 Å². The standard InChI is InChI=1S/C19H25N5/c1-16-5-2-6-17(22-16)13-23-12-8-19(14-23)7-3-11-24(15-19)18-20-9-4-10-21-18/h2,4-6,9-10H,3,7-8,11-15H2,1H3/t19-/m1/s1. The third-order valence-electron chi connectivity index (χ3n) is 5.35. The molecule has 4 heterocycles. The molecule has 2 aromatic rings. The highest BCUT2D eigenvalue weighted by atomic mass is 15.3. The maximum absolute atomic E-state index is 4.66. The third-order valence-corrected chi connectivity index (χ3v) is 5.35. The number of hydrogen-bond acceptors (Lipinski definition) is 5. The first-order valence-electron chi connectivity index (χ1n) is 8.89. The summed E-state index contributed by atoms with van der Waals surface area (Å²) < 4.78 is 0. The van der Waals surface area contributed by atoms with Gasteiger partial charge >= 0.3 is 0 Å². The minimum atomic E-state index is 0.390. The molecule has 0 unspecified atom stereocenters. The van der Waals surface area contributed by atoms with Gasteiger partial charge in [0.05, 0.1) is 5.69 Å². The molecule has 0 aliphatic carbocycles.